The van der Waals surface area contributed by atoms with Gasteiger partial charge in [0, 0.05) is 5.92 Å². The summed E-state index contributed by atoms with van der Waals surface area (Å²) in [6, 6.07) is 0. The molecule has 0 aromatic heterocycles. The largest absolute Gasteiger partial charge is 0.390 e. The lowest BCUT2D eigenvalue weighted by molar-refractivity contribution is -0.152. The first-order valence-electron chi connectivity index (χ1n) is 10.4. The first kappa shape index (κ1) is 17.1. The number of rotatable bonds is 1. The van der Waals surface area contributed by atoms with Crippen molar-refractivity contribution in [1.82, 2.24) is 0 Å². The summed E-state index contributed by atoms with van der Waals surface area (Å²) in [4.78, 5) is 11.9. The first-order valence-corrected chi connectivity index (χ1v) is 10.4. The van der Waals surface area contributed by atoms with Gasteiger partial charge >= 0.3 is 0 Å². The minimum Gasteiger partial charge on any atom is -0.390 e. The highest BCUT2D eigenvalue weighted by Gasteiger charge is 2.63. The Bertz CT molecular complexity index is 538. The summed E-state index contributed by atoms with van der Waals surface area (Å²) >= 11 is 0. The quantitative estimate of drug-likeness (QED) is 0.735. The van der Waals surface area contributed by atoms with Crippen molar-refractivity contribution < 1.29 is 9.90 Å². The van der Waals surface area contributed by atoms with Crippen molar-refractivity contribution in [1.29, 1.82) is 0 Å². The molecule has 8 unspecified atom stereocenters. The van der Waals surface area contributed by atoms with Gasteiger partial charge in [-0.1, -0.05) is 13.8 Å². The summed E-state index contributed by atoms with van der Waals surface area (Å²) in [6.07, 6.45) is 10.9. The van der Waals surface area contributed by atoms with Crippen LogP contribution in [-0.4, -0.2) is 16.5 Å². The van der Waals surface area contributed by atoms with Crippen LogP contribution in [0.2, 0.25) is 0 Å². The van der Waals surface area contributed by atoms with Gasteiger partial charge in [-0.25, -0.2) is 0 Å². The van der Waals surface area contributed by atoms with Crippen LogP contribution in [-0.2, 0) is 4.79 Å². The van der Waals surface area contributed by atoms with E-state index in [4.69, 9.17) is 0 Å². The number of carbonyl (C=O) groups excluding carboxylic acids is 1. The van der Waals surface area contributed by atoms with Gasteiger partial charge in [0.25, 0.3) is 0 Å². The number of fused-ring (bicyclic) bond motifs is 5. The fourth-order valence-corrected chi connectivity index (χ4v) is 7.87. The fraction of sp³-hybridized carbons (Fsp3) is 0.955. The molecule has 4 saturated carbocycles. The number of ketones is 1. The molecule has 0 spiro atoms. The van der Waals surface area contributed by atoms with Gasteiger partial charge in [-0.3, -0.25) is 4.79 Å². The Balaban J connectivity index is 1.60. The third kappa shape index (κ3) is 2.14. The SMILES string of the molecule is CC(=O)C1CCC2(C)C(CCC3C2CCC2(C)C3CCC2(C)O)C1. The molecule has 136 valence electrons. The summed E-state index contributed by atoms with van der Waals surface area (Å²) in [5, 5.41) is 11.0. The number of Topliss-reactive ketones (excluding diaryl/α,β-unsaturated/α-hetero) is 1. The monoisotopic (exact) mass is 332 g/mol. The van der Waals surface area contributed by atoms with Crippen molar-refractivity contribution in [3.63, 3.8) is 0 Å². The Morgan fingerprint density at radius 3 is 2.33 bits per heavy atom. The Morgan fingerprint density at radius 1 is 0.917 bits per heavy atom. The van der Waals surface area contributed by atoms with E-state index in [9.17, 15) is 9.90 Å². The maximum absolute atomic E-state index is 11.9. The minimum absolute atomic E-state index is 0.133. The maximum atomic E-state index is 11.9. The molecule has 0 radical (unpaired) electrons. The fourth-order valence-electron chi connectivity index (χ4n) is 7.87. The zero-order valence-corrected chi connectivity index (χ0v) is 16.1. The highest BCUT2D eigenvalue weighted by Crippen LogP contribution is 2.68. The summed E-state index contributed by atoms with van der Waals surface area (Å²) in [5.41, 5.74) is 0.116. The zero-order chi connectivity index (χ0) is 17.3. The molecule has 1 N–H and O–H groups in total. The highest BCUT2D eigenvalue weighted by atomic mass is 16.3. The predicted molar refractivity (Wildman–Crippen MR) is 96.5 cm³/mol. The van der Waals surface area contributed by atoms with Crippen LogP contribution < -0.4 is 0 Å². The van der Waals surface area contributed by atoms with E-state index >= 15 is 0 Å². The summed E-state index contributed by atoms with van der Waals surface area (Å²) in [5.74, 6) is 3.87. The lowest BCUT2D eigenvalue weighted by Gasteiger charge is -2.61. The van der Waals surface area contributed by atoms with Gasteiger partial charge in [0.05, 0.1) is 5.60 Å². The van der Waals surface area contributed by atoms with Crippen molar-refractivity contribution in [2.24, 2.45) is 40.4 Å². The molecule has 0 bridgehead atoms. The summed E-state index contributed by atoms with van der Waals surface area (Å²) in [7, 11) is 0. The summed E-state index contributed by atoms with van der Waals surface area (Å²) in [6.45, 7) is 8.83. The van der Waals surface area contributed by atoms with Crippen molar-refractivity contribution in [3.05, 3.63) is 0 Å². The first-order chi connectivity index (χ1) is 11.2. The van der Waals surface area contributed by atoms with Crippen molar-refractivity contribution >= 4 is 5.78 Å². The van der Waals surface area contributed by atoms with E-state index < -0.39 is 5.60 Å². The molecule has 0 aromatic rings. The van der Waals surface area contributed by atoms with E-state index in [1.54, 1.807) is 6.92 Å². The number of carbonyl (C=O) groups is 1. The molecule has 0 saturated heterocycles. The molecule has 0 amide bonds. The van der Waals surface area contributed by atoms with Crippen LogP contribution in [0.25, 0.3) is 0 Å². The highest BCUT2D eigenvalue weighted by molar-refractivity contribution is 5.78. The Hall–Kier alpha value is -0.370. The van der Waals surface area contributed by atoms with Gasteiger partial charge < -0.3 is 5.11 Å². The topological polar surface area (TPSA) is 37.3 Å². The molecular formula is C22H36O2. The molecule has 4 rings (SSSR count). The van der Waals surface area contributed by atoms with E-state index in [0.717, 1.165) is 42.9 Å². The molecule has 24 heavy (non-hydrogen) atoms. The second-order valence-corrected chi connectivity index (χ2v) is 10.5. The van der Waals surface area contributed by atoms with E-state index in [2.05, 4.69) is 20.8 Å². The van der Waals surface area contributed by atoms with Crippen LogP contribution in [0.3, 0.4) is 0 Å². The average molecular weight is 333 g/mol. The third-order valence-electron chi connectivity index (χ3n) is 9.80. The smallest absolute Gasteiger partial charge is 0.132 e. The Morgan fingerprint density at radius 2 is 1.62 bits per heavy atom. The molecule has 4 aliphatic rings. The number of aliphatic hydroxyl groups is 1. The van der Waals surface area contributed by atoms with Crippen LogP contribution in [0, 0.1) is 40.4 Å². The number of hydrogen-bond donors (Lipinski definition) is 1. The van der Waals surface area contributed by atoms with Crippen molar-refractivity contribution in [3.8, 4) is 0 Å². The minimum atomic E-state index is -0.466. The van der Waals surface area contributed by atoms with Gasteiger partial charge in [0.15, 0.2) is 0 Å². The second-order valence-electron chi connectivity index (χ2n) is 10.5. The van der Waals surface area contributed by atoms with Crippen LogP contribution in [0.1, 0.15) is 85.5 Å². The van der Waals surface area contributed by atoms with Crippen LogP contribution >= 0.6 is 0 Å². The van der Waals surface area contributed by atoms with Crippen molar-refractivity contribution in [2.75, 3.05) is 0 Å². The molecule has 8 atom stereocenters. The molecule has 2 heteroatoms. The molecule has 0 heterocycles. The van der Waals surface area contributed by atoms with Gasteiger partial charge in [-0.2, -0.15) is 0 Å². The lowest BCUT2D eigenvalue weighted by atomic mass is 9.44. The molecule has 4 aliphatic carbocycles. The maximum Gasteiger partial charge on any atom is 0.132 e. The van der Waals surface area contributed by atoms with E-state index in [0.29, 0.717) is 17.1 Å². The van der Waals surface area contributed by atoms with E-state index in [1.807, 2.05) is 0 Å². The molecule has 4 fully saturated rings. The average Bonchev–Trinajstić information content (AvgIpc) is 2.76. The number of hydrogen-bond acceptors (Lipinski definition) is 2. The van der Waals surface area contributed by atoms with Gasteiger partial charge in [0.1, 0.15) is 5.78 Å². The normalized spacial score (nSPS) is 57.0. The molecule has 2 nitrogen and oxygen atoms in total. The van der Waals surface area contributed by atoms with Crippen LogP contribution in [0.5, 0.6) is 0 Å². The van der Waals surface area contributed by atoms with Gasteiger partial charge in [0.2, 0.25) is 0 Å². The molecule has 0 aromatic carbocycles. The van der Waals surface area contributed by atoms with Crippen LogP contribution in [0.15, 0.2) is 0 Å². The standard InChI is InChI=1S/C22H36O2/c1-14(23)15-7-10-20(2)16(13-15)5-6-17-18(20)8-11-21(3)19(17)9-12-22(21,4)24/h15-19,24H,5-13H2,1-4H3. The Labute approximate surface area is 147 Å². The van der Waals surface area contributed by atoms with Crippen LogP contribution in [0.4, 0.5) is 0 Å². The molecule has 0 aliphatic heterocycles. The predicted octanol–water partition coefficient (Wildman–Crippen LogP) is 4.99. The van der Waals surface area contributed by atoms with Gasteiger partial charge in [-0.15, -0.1) is 0 Å². The van der Waals surface area contributed by atoms with E-state index in [1.165, 1.54) is 38.5 Å². The second kappa shape index (κ2) is 5.32. The third-order valence-corrected chi connectivity index (χ3v) is 9.80. The Kier molecular flexibility index (Phi) is 3.78. The van der Waals surface area contributed by atoms with Crippen molar-refractivity contribution in [2.45, 2.75) is 91.1 Å². The lowest BCUT2D eigenvalue weighted by Crippen LogP contribution is -2.56. The van der Waals surface area contributed by atoms with Gasteiger partial charge in [-0.05, 0) is 106 Å². The van der Waals surface area contributed by atoms with E-state index in [-0.39, 0.29) is 5.41 Å². The summed E-state index contributed by atoms with van der Waals surface area (Å²) < 4.78 is 0. The molecular weight excluding hydrogens is 296 g/mol. The zero-order valence-electron chi connectivity index (χ0n) is 16.1.